The van der Waals surface area contributed by atoms with Crippen molar-refractivity contribution in [2.45, 2.75) is 32.1 Å². The van der Waals surface area contributed by atoms with Crippen LogP contribution >= 0.6 is 11.6 Å². The van der Waals surface area contributed by atoms with Gasteiger partial charge in [-0.1, -0.05) is 25.1 Å². The van der Waals surface area contributed by atoms with E-state index >= 15 is 0 Å². The van der Waals surface area contributed by atoms with E-state index in [4.69, 9.17) is 11.6 Å². The molecule has 0 aliphatic carbocycles. The fraction of sp³-hybridized carbons (Fsp3) is 0.533. The number of carbonyl (C=O) groups excluding carboxylic acids is 1. The maximum Gasteiger partial charge on any atom is 0.252 e. The predicted molar refractivity (Wildman–Crippen MR) is 75.3 cm³/mol. The van der Waals surface area contributed by atoms with Gasteiger partial charge in [-0.2, -0.15) is 0 Å². The van der Waals surface area contributed by atoms with E-state index in [1.54, 1.807) is 6.07 Å². The minimum atomic E-state index is -0.363. The van der Waals surface area contributed by atoms with E-state index in [2.05, 4.69) is 17.9 Å². The van der Waals surface area contributed by atoms with E-state index in [1.165, 1.54) is 37.9 Å². The Morgan fingerprint density at radius 3 is 3.06 bits per heavy atom. The molecule has 0 spiro atoms. The minimum Gasteiger partial charge on any atom is -0.303 e. The molecule has 2 rings (SSSR count). The SMILES string of the molecule is CCCN1CCC[C@@H](c2cccc(C(=O)Cl)c2)C1. The van der Waals surface area contributed by atoms with E-state index in [0.29, 0.717) is 11.5 Å². The van der Waals surface area contributed by atoms with Crippen LogP contribution in [0.3, 0.4) is 0 Å². The fourth-order valence-electron chi connectivity index (χ4n) is 2.76. The van der Waals surface area contributed by atoms with Gasteiger partial charge in [-0.3, -0.25) is 4.79 Å². The lowest BCUT2D eigenvalue weighted by Gasteiger charge is -2.32. The number of halogens is 1. The van der Waals surface area contributed by atoms with Gasteiger partial charge >= 0.3 is 0 Å². The van der Waals surface area contributed by atoms with Crippen LogP contribution in [0.5, 0.6) is 0 Å². The third kappa shape index (κ3) is 3.33. The van der Waals surface area contributed by atoms with Crippen LogP contribution < -0.4 is 0 Å². The molecule has 1 aliphatic heterocycles. The summed E-state index contributed by atoms with van der Waals surface area (Å²) in [7, 11) is 0. The van der Waals surface area contributed by atoms with Crippen molar-refractivity contribution in [1.82, 2.24) is 4.90 Å². The van der Waals surface area contributed by atoms with E-state index in [-0.39, 0.29) is 5.24 Å². The Kier molecular flexibility index (Phi) is 4.79. The second kappa shape index (κ2) is 6.35. The van der Waals surface area contributed by atoms with Crippen LogP contribution in [0.4, 0.5) is 0 Å². The predicted octanol–water partition coefficient (Wildman–Crippen LogP) is 3.66. The largest absolute Gasteiger partial charge is 0.303 e. The Hall–Kier alpha value is -0.860. The van der Waals surface area contributed by atoms with Gasteiger partial charge in [0.2, 0.25) is 0 Å². The Balaban J connectivity index is 2.10. The maximum atomic E-state index is 11.2. The van der Waals surface area contributed by atoms with Crippen molar-refractivity contribution in [1.29, 1.82) is 0 Å². The molecule has 2 nitrogen and oxygen atoms in total. The highest BCUT2D eigenvalue weighted by atomic mass is 35.5. The molecule has 0 aromatic heterocycles. The molecule has 1 heterocycles. The molecule has 0 N–H and O–H groups in total. The van der Waals surface area contributed by atoms with Crippen LogP contribution in [0, 0.1) is 0 Å². The van der Waals surface area contributed by atoms with Crippen molar-refractivity contribution in [3.8, 4) is 0 Å². The van der Waals surface area contributed by atoms with Crippen molar-refractivity contribution >= 4 is 16.8 Å². The molecule has 1 aliphatic rings. The van der Waals surface area contributed by atoms with Crippen LogP contribution in [0.1, 0.15) is 48.0 Å². The zero-order chi connectivity index (χ0) is 13.0. The molecule has 0 amide bonds. The van der Waals surface area contributed by atoms with Gasteiger partial charge in [0, 0.05) is 12.1 Å². The Morgan fingerprint density at radius 2 is 2.33 bits per heavy atom. The highest BCUT2D eigenvalue weighted by Crippen LogP contribution is 2.27. The highest BCUT2D eigenvalue weighted by molar-refractivity contribution is 6.67. The van der Waals surface area contributed by atoms with Crippen LogP contribution in [0.15, 0.2) is 24.3 Å². The third-order valence-electron chi connectivity index (χ3n) is 3.63. The summed E-state index contributed by atoms with van der Waals surface area (Å²) >= 11 is 5.54. The van der Waals surface area contributed by atoms with Crippen molar-refractivity contribution < 1.29 is 4.79 Å². The van der Waals surface area contributed by atoms with Crippen LogP contribution in [0.2, 0.25) is 0 Å². The average Bonchev–Trinajstić information content (AvgIpc) is 2.39. The molecule has 0 unspecified atom stereocenters. The van der Waals surface area contributed by atoms with Crippen LogP contribution in [0.25, 0.3) is 0 Å². The molecule has 1 fully saturated rings. The summed E-state index contributed by atoms with van der Waals surface area (Å²) in [6.45, 7) is 5.70. The molecule has 18 heavy (non-hydrogen) atoms. The smallest absolute Gasteiger partial charge is 0.252 e. The molecule has 1 saturated heterocycles. The Labute approximate surface area is 114 Å². The van der Waals surface area contributed by atoms with Crippen LogP contribution in [-0.4, -0.2) is 29.8 Å². The lowest BCUT2D eigenvalue weighted by molar-refractivity contribution is 0.108. The maximum absolute atomic E-state index is 11.2. The van der Waals surface area contributed by atoms with Crippen LogP contribution in [-0.2, 0) is 0 Å². The number of hydrogen-bond acceptors (Lipinski definition) is 2. The average molecular weight is 266 g/mol. The molecule has 98 valence electrons. The van der Waals surface area contributed by atoms with Gasteiger partial charge in [-0.25, -0.2) is 0 Å². The molecule has 1 aromatic carbocycles. The van der Waals surface area contributed by atoms with Gasteiger partial charge in [0.1, 0.15) is 0 Å². The minimum absolute atomic E-state index is 0.363. The van der Waals surface area contributed by atoms with Crippen molar-refractivity contribution in [2.24, 2.45) is 0 Å². The zero-order valence-electron chi connectivity index (χ0n) is 10.9. The van der Waals surface area contributed by atoms with Crippen molar-refractivity contribution in [3.63, 3.8) is 0 Å². The monoisotopic (exact) mass is 265 g/mol. The van der Waals surface area contributed by atoms with E-state index in [1.807, 2.05) is 12.1 Å². The molecule has 0 radical (unpaired) electrons. The summed E-state index contributed by atoms with van der Waals surface area (Å²) in [5, 5.41) is -0.363. The topological polar surface area (TPSA) is 20.3 Å². The van der Waals surface area contributed by atoms with Crippen molar-refractivity contribution in [2.75, 3.05) is 19.6 Å². The second-order valence-corrected chi connectivity index (χ2v) is 5.38. The van der Waals surface area contributed by atoms with Gasteiger partial charge in [0.05, 0.1) is 0 Å². The first-order valence-corrected chi connectivity index (χ1v) is 7.10. The van der Waals surface area contributed by atoms with Gasteiger partial charge in [0.25, 0.3) is 5.24 Å². The summed E-state index contributed by atoms with van der Waals surface area (Å²) in [6, 6.07) is 7.79. The molecular weight excluding hydrogens is 246 g/mol. The second-order valence-electron chi connectivity index (χ2n) is 5.04. The van der Waals surface area contributed by atoms with E-state index in [9.17, 15) is 4.79 Å². The summed E-state index contributed by atoms with van der Waals surface area (Å²) in [4.78, 5) is 13.7. The molecule has 1 aromatic rings. The highest BCUT2D eigenvalue weighted by Gasteiger charge is 2.21. The normalized spacial score (nSPS) is 20.9. The van der Waals surface area contributed by atoms with E-state index in [0.717, 1.165) is 6.54 Å². The number of nitrogens with zero attached hydrogens (tertiary/aromatic N) is 1. The van der Waals surface area contributed by atoms with Gasteiger partial charge < -0.3 is 4.90 Å². The summed E-state index contributed by atoms with van der Waals surface area (Å²) < 4.78 is 0. The lowest BCUT2D eigenvalue weighted by atomic mass is 9.90. The standard InChI is InChI=1S/C15H20ClNO/c1-2-8-17-9-4-7-14(11-17)12-5-3-6-13(10-12)15(16)18/h3,5-6,10,14H,2,4,7-9,11H2,1H3/t14-/m1/s1. The lowest BCUT2D eigenvalue weighted by Crippen LogP contribution is -2.34. The Bertz CT molecular complexity index is 417. The van der Waals surface area contributed by atoms with E-state index < -0.39 is 0 Å². The third-order valence-corrected chi connectivity index (χ3v) is 3.85. The number of piperidine rings is 1. The van der Waals surface area contributed by atoms with Gasteiger partial charge in [-0.05, 0) is 61.5 Å². The number of hydrogen-bond donors (Lipinski definition) is 0. The number of rotatable bonds is 4. The molecule has 1 atom stereocenters. The number of benzene rings is 1. The summed E-state index contributed by atoms with van der Waals surface area (Å²) in [5.41, 5.74) is 1.86. The first-order valence-electron chi connectivity index (χ1n) is 6.73. The summed E-state index contributed by atoms with van der Waals surface area (Å²) in [6.07, 6.45) is 3.65. The van der Waals surface area contributed by atoms with Crippen molar-refractivity contribution in [3.05, 3.63) is 35.4 Å². The molecule has 0 bridgehead atoms. The first-order chi connectivity index (χ1) is 8.70. The summed E-state index contributed by atoms with van der Waals surface area (Å²) in [5.74, 6) is 0.543. The number of likely N-dealkylation sites (tertiary alicyclic amines) is 1. The first kappa shape index (κ1) is 13.6. The number of carbonyl (C=O) groups is 1. The van der Waals surface area contributed by atoms with Gasteiger partial charge in [-0.15, -0.1) is 0 Å². The zero-order valence-corrected chi connectivity index (χ0v) is 11.6. The quantitative estimate of drug-likeness (QED) is 0.775. The molecular formula is C15H20ClNO. The molecule has 3 heteroatoms. The van der Waals surface area contributed by atoms with Gasteiger partial charge in [0.15, 0.2) is 0 Å². The fourth-order valence-corrected chi connectivity index (χ4v) is 2.88. The molecule has 0 saturated carbocycles. The Morgan fingerprint density at radius 1 is 1.50 bits per heavy atom.